The second-order valence-corrected chi connectivity index (χ2v) is 2.12. The van der Waals surface area contributed by atoms with Crippen molar-refractivity contribution in [2.45, 2.75) is 13.8 Å². The summed E-state index contributed by atoms with van der Waals surface area (Å²) in [6.07, 6.45) is 5.61. The number of hydrogen-bond donors (Lipinski definition) is 0. The highest BCUT2D eigenvalue weighted by atomic mass is 15.2. The lowest BCUT2D eigenvalue weighted by Crippen LogP contribution is -1.82. The van der Waals surface area contributed by atoms with Gasteiger partial charge in [0.1, 0.15) is 12.2 Å². The molecule has 0 aromatic rings. The van der Waals surface area contributed by atoms with E-state index in [0.29, 0.717) is 6.54 Å². The van der Waals surface area contributed by atoms with E-state index in [-0.39, 0.29) is 0 Å². The van der Waals surface area contributed by atoms with Crippen LogP contribution in [-0.4, -0.2) is 12.8 Å². The molecule has 0 aromatic heterocycles. The molecule has 0 N–H and O–H groups in total. The maximum absolute atomic E-state index is 4.14. The summed E-state index contributed by atoms with van der Waals surface area (Å²) in [6, 6.07) is 0. The summed E-state index contributed by atoms with van der Waals surface area (Å²) in [4.78, 5) is 4.14. The van der Waals surface area contributed by atoms with Crippen LogP contribution in [-0.2, 0) is 0 Å². The second kappa shape index (κ2) is 3.81. The molecule has 0 saturated carbocycles. The molecule has 1 rings (SSSR count). The first-order chi connectivity index (χ1) is 5.38. The van der Waals surface area contributed by atoms with Gasteiger partial charge in [-0.15, -0.1) is 0 Å². The Morgan fingerprint density at radius 2 is 2.27 bits per heavy atom. The highest BCUT2D eigenvalue weighted by Crippen LogP contribution is 2.16. The Kier molecular flexibility index (Phi) is 2.72. The average molecular weight is 149 g/mol. The zero-order valence-electron chi connectivity index (χ0n) is 6.78. The predicted molar refractivity (Wildman–Crippen MR) is 45.7 cm³/mol. The third-order valence-corrected chi connectivity index (χ3v) is 1.30. The van der Waals surface area contributed by atoms with Gasteiger partial charge in [-0.05, 0) is 19.9 Å². The van der Waals surface area contributed by atoms with Crippen LogP contribution in [0.1, 0.15) is 13.8 Å². The van der Waals surface area contributed by atoms with Gasteiger partial charge in [0.25, 0.3) is 0 Å². The molecule has 1 aliphatic heterocycles. The maximum Gasteiger partial charge on any atom is 0.108 e. The first-order valence-electron chi connectivity index (χ1n) is 3.60. The molecule has 0 aliphatic carbocycles. The monoisotopic (exact) mass is 149 g/mol. The Hall–Kier alpha value is -1.25. The SMILES string of the molecule is C/C=C\C1=C(/N=C\C)CN=N1. The molecule has 0 radical (unpaired) electrons. The normalized spacial score (nSPS) is 18.0. The average Bonchev–Trinajstić information content (AvgIpc) is 2.39. The standard InChI is InChI=1S/C8H11N3/c1-3-5-7-8(9-4-2)6-10-11-7/h3-5H,6H2,1-2H3/b5-3-,9-4-. The summed E-state index contributed by atoms with van der Waals surface area (Å²) in [5.41, 5.74) is 1.83. The van der Waals surface area contributed by atoms with E-state index in [0.717, 1.165) is 11.4 Å². The van der Waals surface area contributed by atoms with Crippen molar-refractivity contribution in [2.75, 3.05) is 6.54 Å². The number of aliphatic imine (C=N–C) groups is 1. The molecular formula is C8H11N3. The molecule has 0 bridgehead atoms. The van der Waals surface area contributed by atoms with Gasteiger partial charge in [-0.3, -0.25) is 4.99 Å². The highest BCUT2D eigenvalue weighted by Gasteiger charge is 2.06. The van der Waals surface area contributed by atoms with Gasteiger partial charge in [0, 0.05) is 6.21 Å². The lowest BCUT2D eigenvalue weighted by Gasteiger charge is -1.89. The summed E-state index contributed by atoms with van der Waals surface area (Å²) in [7, 11) is 0. The Morgan fingerprint density at radius 1 is 1.45 bits per heavy atom. The molecule has 0 aromatic carbocycles. The van der Waals surface area contributed by atoms with Crippen LogP contribution in [0.2, 0.25) is 0 Å². The molecule has 0 saturated heterocycles. The molecule has 58 valence electrons. The van der Waals surface area contributed by atoms with Crippen molar-refractivity contribution in [3.63, 3.8) is 0 Å². The molecule has 3 heteroatoms. The van der Waals surface area contributed by atoms with Crippen molar-refractivity contribution in [3.05, 3.63) is 23.5 Å². The van der Waals surface area contributed by atoms with Crippen molar-refractivity contribution in [3.8, 4) is 0 Å². The van der Waals surface area contributed by atoms with Crippen LogP contribution in [0.3, 0.4) is 0 Å². The number of rotatable bonds is 2. The fourth-order valence-corrected chi connectivity index (χ4v) is 0.867. The predicted octanol–water partition coefficient (Wildman–Crippen LogP) is 2.33. The van der Waals surface area contributed by atoms with Crippen LogP contribution in [0.4, 0.5) is 0 Å². The smallest absolute Gasteiger partial charge is 0.108 e. The Labute approximate surface area is 66.3 Å². The summed E-state index contributed by atoms with van der Waals surface area (Å²) in [6.45, 7) is 4.46. The minimum atomic E-state index is 0.615. The molecule has 3 nitrogen and oxygen atoms in total. The van der Waals surface area contributed by atoms with Crippen molar-refractivity contribution in [1.29, 1.82) is 0 Å². The van der Waals surface area contributed by atoms with Crippen LogP contribution >= 0.6 is 0 Å². The van der Waals surface area contributed by atoms with E-state index in [1.807, 2.05) is 26.0 Å². The zero-order chi connectivity index (χ0) is 8.10. The van der Waals surface area contributed by atoms with Crippen LogP contribution in [0.5, 0.6) is 0 Å². The first kappa shape index (κ1) is 7.85. The van der Waals surface area contributed by atoms with Crippen molar-refractivity contribution >= 4 is 6.21 Å². The van der Waals surface area contributed by atoms with Gasteiger partial charge in [-0.25, -0.2) is 0 Å². The van der Waals surface area contributed by atoms with Crippen LogP contribution in [0.15, 0.2) is 38.8 Å². The van der Waals surface area contributed by atoms with Gasteiger partial charge in [-0.1, -0.05) is 6.08 Å². The molecule has 0 spiro atoms. The van der Waals surface area contributed by atoms with Crippen molar-refractivity contribution in [1.82, 2.24) is 0 Å². The van der Waals surface area contributed by atoms with E-state index < -0.39 is 0 Å². The van der Waals surface area contributed by atoms with Crippen molar-refractivity contribution < 1.29 is 0 Å². The van der Waals surface area contributed by atoms with Crippen LogP contribution < -0.4 is 0 Å². The van der Waals surface area contributed by atoms with E-state index in [1.54, 1.807) is 6.21 Å². The fourth-order valence-electron chi connectivity index (χ4n) is 0.867. The second-order valence-electron chi connectivity index (χ2n) is 2.12. The molecule has 0 atom stereocenters. The fraction of sp³-hybridized carbons (Fsp3) is 0.375. The van der Waals surface area contributed by atoms with Gasteiger partial charge < -0.3 is 0 Å². The minimum Gasteiger partial charge on any atom is -0.262 e. The van der Waals surface area contributed by atoms with Crippen LogP contribution in [0, 0.1) is 0 Å². The van der Waals surface area contributed by atoms with Gasteiger partial charge in [0.05, 0.1) is 5.70 Å². The number of nitrogens with zero attached hydrogens (tertiary/aromatic N) is 3. The summed E-state index contributed by atoms with van der Waals surface area (Å²) in [5, 5.41) is 7.80. The van der Waals surface area contributed by atoms with Crippen molar-refractivity contribution in [2.24, 2.45) is 15.2 Å². The van der Waals surface area contributed by atoms with E-state index in [9.17, 15) is 0 Å². The molecule has 0 unspecified atom stereocenters. The molecule has 1 heterocycles. The van der Waals surface area contributed by atoms with Gasteiger partial charge in [0.2, 0.25) is 0 Å². The lowest BCUT2D eigenvalue weighted by atomic mass is 10.3. The molecular weight excluding hydrogens is 138 g/mol. The largest absolute Gasteiger partial charge is 0.262 e. The number of allylic oxidation sites excluding steroid dienone is 2. The third kappa shape index (κ3) is 1.83. The number of azo groups is 1. The summed E-state index contributed by atoms with van der Waals surface area (Å²) >= 11 is 0. The van der Waals surface area contributed by atoms with E-state index in [2.05, 4.69) is 15.2 Å². The minimum absolute atomic E-state index is 0.615. The molecule has 0 amide bonds. The van der Waals surface area contributed by atoms with Gasteiger partial charge >= 0.3 is 0 Å². The number of hydrogen-bond acceptors (Lipinski definition) is 3. The zero-order valence-corrected chi connectivity index (χ0v) is 6.78. The third-order valence-electron chi connectivity index (χ3n) is 1.30. The van der Waals surface area contributed by atoms with E-state index >= 15 is 0 Å². The van der Waals surface area contributed by atoms with E-state index in [4.69, 9.17) is 0 Å². The molecule has 0 fully saturated rings. The Bertz CT molecular complexity index is 246. The van der Waals surface area contributed by atoms with Gasteiger partial charge in [-0.2, -0.15) is 10.2 Å². The topological polar surface area (TPSA) is 37.1 Å². The molecule has 1 aliphatic rings. The Balaban J connectivity index is 2.83. The quantitative estimate of drug-likeness (QED) is 0.540. The van der Waals surface area contributed by atoms with Crippen LogP contribution in [0.25, 0.3) is 0 Å². The highest BCUT2D eigenvalue weighted by molar-refractivity contribution is 5.56. The van der Waals surface area contributed by atoms with Gasteiger partial charge in [0.15, 0.2) is 0 Å². The summed E-state index contributed by atoms with van der Waals surface area (Å²) in [5.74, 6) is 0. The first-order valence-corrected chi connectivity index (χ1v) is 3.60. The Morgan fingerprint density at radius 3 is 2.91 bits per heavy atom. The lowest BCUT2D eigenvalue weighted by molar-refractivity contribution is 1.08. The van der Waals surface area contributed by atoms with E-state index in [1.165, 1.54) is 0 Å². The molecule has 11 heavy (non-hydrogen) atoms. The summed E-state index contributed by atoms with van der Waals surface area (Å²) < 4.78 is 0. The maximum atomic E-state index is 4.14.